The lowest BCUT2D eigenvalue weighted by Crippen LogP contribution is -2.26. The Morgan fingerprint density at radius 2 is 1.28 bits per heavy atom. The van der Waals surface area contributed by atoms with E-state index in [0.717, 1.165) is 11.1 Å². The number of nitrogens with zero attached hydrogens (tertiary/aromatic N) is 1. The van der Waals surface area contributed by atoms with E-state index in [1.807, 2.05) is 38.1 Å². The first kappa shape index (κ1) is 22.4. The van der Waals surface area contributed by atoms with E-state index in [0.29, 0.717) is 22.5 Å². The number of aryl methyl sites for hydroxylation is 3. The summed E-state index contributed by atoms with van der Waals surface area (Å²) in [4.78, 5) is 37.0. The highest BCUT2D eigenvalue weighted by Gasteiger charge is 2.21. The number of amides is 2. The average Bonchev–Trinajstić information content (AvgIpc) is 2.76. The number of anilines is 2. The summed E-state index contributed by atoms with van der Waals surface area (Å²) in [7, 11) is 0. The van der Waals surface area contributed by atoms with Crippen LogP contribution in [0.3, 0.4) is 0 Å². The highest BCUT2D eigenvalue weighted by atomic mass is 16.6. The van der Waals surface area contributed by atoms with E-state index < -0.39 is 16.7 Å². The molecule has 3 aromatic rings. The molecule has 0 fully saturated rings. The Hall–Kier alpha value is -4.26. The maximum atomic E-state index is 13.1. The average molecular weight is 429 g/mol. The number of nitro benzene ring substituents is 1. The van der Waals surface area contributed by atoms with Crippen LogP contribution in [0.15, 0.2) is 72.3 Å². The zero-order chi connectivity index (χ0) is 23.3. The van der Waals surface area contributed by atoms with Crippen molar-refractivity contribution in [1.82, 2.24) is 0 Å². The van der Waals surface area contributed by atoms with Gasteiger partial charge in [-0.15, -0.1) is 0 Å². The standard InChI is InChI=1S/C25H23N3O4/c1-16-8-4-6-10-21(16)26-24(29)20(25(30)27-22-11-7-5-9-17(22)2)14-19-13-12-18(3)23(15-19)28(31)32/h4-15H,1-3H3,(H,26,29)(H,27,30). The first-order valence-corrected chi connectivity index (χ1v) is 9.97. The van der Waals surface area contributed by atoms with Gasteiger partial charge in [0.1, 0.15) is 5.57 Å². The number of nitro groups is 1. The van der Waals surface area contributed by atoms with Crippen LogP contribution in [-0.4, -0.2) is 16.7 Å². The molecule has 162 valence electrons. The van der Waals surface area contributed by atoms with Crippen molar-refractivity contribution in [3.63, 3.8) is 0 Å². The third-order valence-electron chi connectivity index (χ3n) is 5.02. The van der Waals surface area contributed by atoms with Gasteiger partial charge in [-0.05, 0) is 55.7 Å². The summed E-state index contributed by atoms with van der Waals surface area (Å²) in [5.74, 6) is -1.23. The molecule has 0 aliphatic carbocycles. The van der Waals surface area contributed by atoms with Crippen molar-refractivity contribution in [3.05, 3.63) is 105 Å². The van der Waals surface area contributed by atoms with E-state index in [2.05, 4.69) is 10.6 Å². The second kappa shape index (κ2) is 9.70. The van der Waals surface area contributed by atoms with Crippen LogP contribution in [0.2, 0.25) is 0 Å². The molecule has 0 atom stereocenters. The quantitative estimate of drug-likeness (QED) is 0.185. The van der Waals surface area contributed by atoms with Crippen LogP contribution < -0.4 is 10.6 Å². The molecule has 0 bridgehead atoms. The lowest BCUT2D eigenvalue weighted by molar-refractivity contribution is -0.385. The van der Waals surface area contributed by atoms with Crippen molar-refractivity contribution >= 4 is 35.0 Å². The van der Waals surface area contributed by atoms with Crippen LogP contribution in [0.25, 0.3) is 6.08 Å². The fraction of sp³-hybridized carbons (Fsp3) is 0.120. The Labute approximate surface area is 185 Å². The van der Waals surface area contributed by atoms with E-state index in [4.69, 9.17) is 0 Å². The molecule has 0 aliphatic rings. The van der Waals surface area contributed by atoms with E-state index in [-0.39, 0.29) is 11.3 Å². The maximum absolute atomic E-state index is 13.1. The van der Waals surface area contributed by atoms with Crippen molar-refractivity contribution < 1.29 is 14.5 Å². The first-order chi connectivity index (χ1) is 15.3. The molecule has 3 rings (SSSR count). The molecule has 0 heterocycles. The largest absolute Gasteiger partial charge is 0.322 e. The molecule has 0 aromatic heterocycles. The Bertz CT molecular complexity index is 1170. The second-order valence-corrected chi connectivity index (χ2v) is 7.40. The predicted molar refractivity (Wildman–Crippen MR) is 125 cm³/mol. The van der Waals surface area contributed by atoms with Gasteiger partial charge in [-0.25, -0.2) is 0 Å². The van der Waals surface area contributed by atoms with Gasteiger partial charge in [0, 0.05) is 23.0 Å². The lowest BCUT2D eigenvalue weighted by Gasteiger charge is -2.13. The van der Waals surface area contributed by atoms with Gasteiger partial charge < -0.3 is 10.6 Å². The van der Waals surface area contributed by atoms with Crippen molar-refractivity contribution in [3.8, 4) is 0 Å². The molecule has 7 nitrogen and oxygen atoms in total. The van der Waals surface area contributed by atoms with Crippen LogP contribution in [-0.2, 0) is 9.59 Å². The van der Waals surface area contributed by atoms with Crippen LogP contribution in [0.4, 0.5) is 17.1 Å². The summed E-state index contributed by atoms with van der Waals surface area (Å²) < 4.78 is 0. The summed E-state index contributed by atoms with van der Waals surface area (Å²) in [6, 6.07) is 19.0. The van der Waals surface area contributed by atoms with Gasteiger partial charge in [-0.1, -0.05) is 48.5 Å². The van der Waals surface area contributed by atoms with Crippen LogP contribution in [0.5, 0.6) is 0 Å². The summed E-state index contributed by atoms with van der Waals surface area (Å²) in [6.07, 6.45) is 1.35. The van der Waals surface area contributed by atoms with Gasteiger partial charge in [-0.3, -0.25) is 19.7 Å². The topological polar surface area (TPSA) is 101 Å². The van der Waals surface area contributed by atoms with E-state index in [1.165, 1.54) is 12.1 Å². The third-order valence-corrected chi connectivity index (χ3v) is 5.02. The van der Waals surface area contributed by atoms with Crippen molar-refractivity contribution in [2.45, 2.75) is 20.8 Å². The summed E-state index contributed by atoms with van der Waals surface area (Å²) in [5.41, 5.74) is 3.42. The molecule has 0 saturated carbocycles. The SMILES string of the molecule is Cc1ccccc1NC(=O)C(=Cc1ccc(C)c([N+](=O)[O-])c1)C(=O)Nc1ccccc1C. The molecular formula is C25H23N3O4. The van der Waals surface area contributed by atoms with Gasteiger partial charge in [0.2, 0.25) is 0 Å². The molecule has 32 heavy (non-hydrogen) atoms. The number of benzene rings is 3. The minimum absolute atomic E-state index is 0.0864. The molecule has 2 amide bonds. The molecule has 2 N–H and O–H groups in total. The zero-order valence-electron chi connectivity index (χ0n) is 18.0. The Kier molecular flexibility index (Phi) is 6.80. The van der Waals surface area contributed by atoms with E-state index in [9.17, 15) is 19.7 Å². The maximum Gasteiger partial charge on any atom is 0.272 e. The number of hydrogen-bond acceptors (Lipinski definition) is 4. The number of rotatable bonds is 6. The Balaban J connectivity index is 2.01. The van der Waals surface area contributed by atoms with Crippen molar-refractivity contribution in [2.24, 2.45) is 0 Å². The van der Waals surface area contributed by atoms with Crippen molar-refractivity contribution in [1.29, 1.82) is 0 Å². The van der Waals surface area contributed by atoms with Crippen molar-refractivity contribution in [2.75, 3.05) is 10.6 Å². The van der Waals surface area contributed by atoms with Gasteiger partial charge in [0.05, 0.1) is 4.92 Å². The van der Waals surface area contributed by atoms with Crippen LogP contribution >= 0.6 is 0 Å². The molecule has 7 heteroatoms. The van der Waals surface area contributed by atoms with Crippen LogP contribution in [0, 0.1) is 30.9 Å². The number of carbonyl (C=O) groups is 2. The third kappa shape index (κ3) is 5.26. The predicted octanol–water partition coefficient (Wildman–Crippen LogP) is 5.18. The monoisotopic (exact) mass is 429 g/mol. The summed E-state index contributed by atoms with van der Waals surface area (Å²) in [6.45, 7) is 5.31. The fourth-order valence-corrected chi connectivity index (χ4v) is 3.12. The summed E-state index contributed by atoms with van der Waals surface area (Å²) in [5, 5.41) is 16.8. The highest BCUT2D eigenvalue weighted by molar-refractivity contribution is 6.29. The van der Waals surface area contributed by atoms with Gasteiger partial charge >= 0.3 is 0 Å². The zero-order valence-corrected chi connectivity index (χ0v) is 18.0. The van der Waals surface area contributed by atoms with Gasteiger partial charge in [-0.2, -0.15) is 0 Å². The first-order valence-electron chi connectivity index (χ1n) is 9.97. The minimum Gasteiger partial charge on any atom is -0.322 e. The van der Waals surface area contributed by atoms with Gasteiger partial charge in [0.25, 0.3) is 17.5 Å². The molecule has 3 aromatic carbocycles. The fourth-order valence-electron chi connectivity index (χ4n) is 3.12. The second-order valence-electron chi connectivity index (χ2n) is 7.40. The minimum atomic E-state index is -0.617. The molecular weight excluding hydrogens is 406 g/mol. The normalized spacial score (nSPS) is 10.2. The number of carbonyl (C=O) groups excluding carboxylic acids is 2. The Morgan fingerprint density at radius 1 is 0.781 bits per heavy atom. The molecule has 0 radical (unpaired) electrons. The number of para-hydroxylation sites is 2. The number of nitrogens with one attached hydrogen (secondary N) is 2. The molecule has 0 spiro atoms. The summed E-state index contributed by atoms with van der Waals surface area (Å²) >= 11 is 0. The van der Waals surface area contributed by atoms with E-state index in [1.54, 1.807) is 43.3 Å². The lowest BCUT2D eigenvalue weighted by atomic mass is 10.1. The number of hydrogen-bond donors (Lipinski definition) is 2. The smallest absolute Gasteiger partial charge is 0.272 e. The van der Waals surface area contributed by atoms with Gasteiger partial charge in [0.15, 0.2) is 0 Å². The Morgan fingerprint density at radius 3 is 1.75 bits per heavy atom. The molecule has 0 unspecified atom stereocenters. The van der Waals surface area contributed by atoms with E-state index >= 15 is 0 Å². The molecule has 0 saturated heterocycles. The highest BCUT2D eigenvalue weighted by Crippen LogP contribution is 2.23. The molecule has 0 aliphatic heterocycles. The van der Waals surface area contributed by atoms with Crippen LogP contribution in [0.1, 0.15) is 22.3 Å².